The predicted molar refractivity (Wildman–Crippen MR) is 65.5 cm³/mol. The van der Waals surface area contributed by atoms with Crippen molar-refractivity contribution < 1.29 is 4.79 Å². The van der Waals surface area contributed by atoms with Crippen molar-refractivity contribution >= 4 is 23.1 Å². The van der Waals surface area contributed by atoms with E-state index in [1.807, 2.05) is 4.90 Å². The van der Waals surface area contributed by atoms with Crippen LogP contribution in [0.1, 0.15) is 33.1 Å². The van der Waals surface area contributed by atoms with Crippen molar-refractivity contribution in [2.24, 2.45) is 17.6 Å². The lowest BCUT2D eigenvalue weighted by atomic mass is 9.96. The van der Waals surface area contributed by atoms with E-state index in [4.69, 9.17) is 18.0 Å². The second-order valence-corrected chi connectivity index (χ2v) is 5.13. The lowest BCUT2D eigenvalue weighted by Crippen LogP contribution is -2.41. The summed E-state index contributed by atoms with van der Waals surface area (Å²) in [6.45, 7) is 5.76. The summed E-state index contributed by atoms with van der Waals surface area (Å²) >= 11 is 4.96. The van der Waals surface area contributed by atoms with Crippen LogP contribution in [0, 0.1) is 11.8 Å². The monoisotopic (exact) mass is 228 g/mol. The van der Waals surface area contributed by atoms with E-state index < -0.39 is 0 Å². The number of likely N-dealkylation sites (tertiary alicyclic amines) is 1. The van der Waals surface area contributed by atoms with Gasteiger partial charge in [-0.3, -0.25) is 4.79 Å². The number of thiocarbonyl (C=S) groups is 1. The summed E-state index contributed by atoms with van der Waals surface area (Å²) < 4.78 is 0. The Bertz CT molecular complexity index is 245. The van der Waals surface area contributed by atoms with E-state index in [-0.39, 0.29) is 5.91 Å². The first kappa shape index (κ1) is 12.4. The lowest BCUT2D eigenvalue weighted by molar-refractivity contribution is -0.133. The molecule has 0 atom stereocenters. The summed E-state index contributed by atoms with van der Waals surface area (Å²) in [6.07, 6.45) is 2.51. The van der Waals surface area contributed by atoms with Crippen LogP contribution in [0.3, 0.4) is 0 Å². The zero-order valence-corrected chi connectivity index (χ0v) is 10.3. The minimum absolute atomic E-state index is 0.270. The van der Waals surface area contributed by atoms with Crippen molar-refractivity contribution in [2.45, 2.75) is 33.1 Å². The number of rotatable bonds is 3. The number of nitrogens with zero attached hydrogens (tertiary/aromatic N) is 1. The zero-order valence-electron chi connectivity index (χ0n) is 9.53. The first-order chi connectivity index (χ1) is 7.00. The Morgan fingerprint density at radius 1 is 1.47 bits per heavy atom. The molecule has 0 saturated carbocycles. The number of carbonyl (C=O) groups is 1. The Morgan fingerprint density at radius 2 is 2.00 bits per heavy atom. The van der Waals surface area contributed by atoms with Crippen LogP contribution in [-0.2, 0) is 4.79 Å². The molecule has 86 valence electrons. The third kappa shape index (κ3) is 3.78. The zero-order chi connectivity index (χ0) is 11.4. The van der Waals surface area contributed by atoms with Gasteiger partial charge >= 0.3 is 0 Å². The maximum absolute atomic E-state index is 11.7. The van der Waals surface area contributed by atoms with Gasteiger partial charge in [0.25, 0.3) is 0 Å². The van der Waals surface area contributed by atoms with Crippen LogP contribution in [0.25, 0.3) is 0 Å². The summed E-state index contributed by atoms with van der Waals surface area (Å²) in [5, 5.41) is 0. The minimum atomic E-state index is 0.270. The molecule has 0 spiro atoms. The Kier molecular flexibility index (Phi) is 4.51. The minimum Gasteiger partial charge on any atom is -0.393 e. The average Bonchev–Trinajstić information content (AvgIpc) is 2.17. The standard InChI is InChI=1S/C11H20N2OS/c1-8(2)7-10(14)13-5-3-9(4-6-13)11(12)15/h8-9H,3-7H2,1-2H3,(H2,12,15). The Morgan fingerprint density at radius 3 is 2.40 bits per heavy atom. The molecule has 3 nitrogen and oxygen atoms in total. The van der Waals surface area contributed by atoms with Crippen molar-refractivity contribution in [3.05, 3.63) is 0 Å². The molecule has 15 heavy (non-hydrogen) atoms. The molecule has 0 aromatic rings. The number of hydrogen-bond donors (Lipinski definition) is 1. The van der Waals surface area contributed by atoms with Crippen molar-refractivity contribution in [2.75, 3.05) is 13.1 Å². The van der Waals surface area contributed by atoms with Gasteiger partial charge in [-0.2, -0.15) is 0 Å². The topological polar surface area (TPSA) is 46.3 Å². The van der Waals surface area contributed by atoms with E-state index in [0.717, 1.165) is 25.9 Å². The molecular formula is C11H20N2OS. The van der Waals surface area contributed by atoms with E-state index in [1.54, 1.807) is 0 Å². The van der Waals surface area contributed by atoms with Crippen LogP contribution in [0.2, 0.25) is 0 Å². The van der Waals surface area contributed by atoms with Crippen molar-refractivity contribution in [3.63, 3.8) is 0 Å². The third-order valence-corrected chi connectivity index (χ3v) is 3.17. The molecule has 1 amide bonds. The average molecular weight is 228 g/mol. The molecule has 0 radical (unpaired) electrons. The fourth-order valence-electron chi connectivity index (χ4n) is 1.89. The van der Waals surface area contributed by atoms with E-state index in [0.29, 0.717) is 23.2 Å². The van der Waals surface area contributed by atoms with Crippen LogP contribution in [0.15, 0.2) is 0 Å². The summed E-state index contributed by atoms with van der Waals surface area (Å²) in [6, 6.07) is 0. The molecule has 1 aliphatic rings. The van der Waals surface area contributed by atoms with Crippen LogP contribution in [0.5, 0.6) is 0 Å². The van der Waals surface area contributed by atoms with Crippen LogP contribution in [-0.4, -0.2) is 28.9 Å². The van der Waals surface area contributed by atoms with E-state index in [2.05, 4.69) is 13.8 Å². The molecule has 0 bridgehead atoms. The highest BCUT2D eigenvalue weighted by molar-refractivity contribution is 7.80. The van der Waals surface area contributed by atoms with Gasteiger partial charge in [-0.1, -0.05) is 26.1 Å². The largest absolute Gasteiger partial charge is 0.393 e. The summed E-state index contributed by atoms with van der Waals surface area (Å²) in [5.41, 5.74) is 5.60. The fraction of sp³-hybridized carbons (Fsp3) is 0.818. The van der Waals surface area contributed by atoms with E-state index >= 15 is 0 Å². The molecule has 1 aliphatic heterocycles. The van der Waals surface area contributed by atoms with Crippen molar-refractivity contribution in [1.29, 1.82) is 0 Å². The number of amides is 1. The first-order valence-corrected chi connectivity index (χ1v) is 5.98. The maximum Gasteiger partial charge on any atom is 0.222 e. The molecule has 0 aromatic carbocycles. The maximum atomic E-state index is 11.7. The van der Waals surface area contributed by atoms with E-state index in [9.17, 15) is 4.79 Å². The van der Waals surface area contributed by atoms with Gasteiger partial charge in [0.1, 0.15) is 0 Å². The summed E-state index contributed by atoms with van der Waals surface area (Å²) in [4.78, 5) is 14.3. The van der Waals surface area contributed by atoms with Crippen LogP contribution >= 0.6 is 12.2 Å². The van der Waals surface area contributed by atoms with Crippen molar-refractivity contribution in [1.82, 2.24) is 4.90 Å². The number of hydrogen-bond acceptors (Lipinski definition) is 2. The molecule has 1 saturated heterocycles. The number of piperidine rings is 1. The molecular weight excluding hydrogens is 208 g/mol. The summed E-state index contributed by atoms with van der Waals surface area (Å²) in [7, 11) is 0. The smallest absolute Gasteiger partial charge is 0.222 e. The van der Waals surface area contributed by atoms with Gasteiger partial charge in [0.15, 0.2) is 0 Å². The normalized spacial score (nSPS) is 18.2. The Hall–Kier alpha value is -0.640. The van der Waals surface area contributed by atoms with Gasteiger partial charge < -0.3 is 10.6 Å². The van der Waals surface area contributed by atoms with Gasteiger partial charge in [-0.05, 0) is 18.8 Å². The second-order valence-electron chi connectivity index (χ2n) is 4.66. The quantitative estimate of drug-likeness (QED) is 0.746. The highest BCUT2D eigenvalue weighted by Crippen LogP contribution is 2.18. The fourth-order valence-corrected chi connectivity index (χ4v) is 2.13. The van der Waals surface area contributed by atoms with Gasteiger partial charge in [0.2, 0.25) is 5.91 Å². The van der Waals surface area contributed by atoms with Crippen LogP contribution < -0.4 is 5.73 Å². The molecule has 0 unspecified atom stereocenters. The van der Waals surface area contributed by atoms with Gasteiger partial charge in [0.05, 0.1) is 4.99 Å². The number of nitrogens with two attached hydrogens (primary N) is 1. The Labute approximate surface area is 97.0 Å². The number of carbonyl (C=O) groups excluding carboxylic acids is 1. The van der Waals surface area contributed by atoms with Gasteiger partial charge in [-0.25, -0.2) is 0 Å². The lowest BCUT2D eigenvalue weighted by Gasteiger charge is -2.31. The molecule has 2 N–H and O–H groups in total. The molecule has 1 rings (SSSR count). The Balaban J connectivity index is 2.37. The highest BCUT2D eigenvalue weighted by atomic mass is 32.1. The van der Waals surface area contributed by atoms with Gasteiger partial charge in [-0.15, -0.1) is 0 Å². The summed E-state index contributed by atoms with van der Waals surface area (Å²) in [5.74, 6) is 1.04. The molecule has 1 heterocycles. The molecule has 0 aromatic heterocycles. The highest BCUT2D eigenvalue weighted by Gasteiger charge is 2.24. The van der Waals surface area contributed by atoms with Gasteiger partial charge in [0, 0.05) is 25.4 Å². The first-order valence-electron chi connectivity index (χ1n) is 5.57. The molecule has 1 fully saturated rings. The third-order valence-electron chi connectivity index (χ3n) is 2.83. The van der Waals surface area contributed by atoms with Crippen molar-refractivity contribution in [3.8, 4) is 0 Å². The second kappa shape index (κ2) is 5.45. The van der Waals surface area contributed by atoms with E-state index in [1.165, 1.54) is 0 Å². The molecule has 4 heteroatoms. The predicted octanol–water partition coefficient (Wildman–Crippen LogP) is 1.56. The van der Waals surface area contributed by atoms with Crippen LogP contribution in [0.4, 0.5) is 0 Å². The SMILES string of the molecule is CC(C)CC(=O)N1CCC(C(N)=S)CC1. The molecule has 0 aliphatic carbocycles.